The van der Waals surface area contributed by atoms with Gasteiger partial charge in [0.2, 0.25) is 5.91 Å². The van der Waals surface area contributed by atoms with Gasteiger partial charge in [0.15, 0.2) is 0 Å². The summed E-state index contributed by atoms with van der Waals surface area (Å²) in [6.45, 7) is 4.52. The lowest BCUT2D eigenvalue weighted by Gasteiger charge is -2.34. The number of piperazine rings is 1. The Balaban J connectivity index is 1.72. The fraction of sp³-hybridized carbons (Fsp3) is 0.467. The van der Waals surface area contributed by atoms with Gasteiger partial charge in [-0.2, -0.15) is 0 Å². The molecule has 0 radical (unpaired) electrons. The van der Waals surface area contributed by atoms with Gasteiger partial charge < -0.3 is 15.1 Å². The third-order valence-corrected chi connectivity index (χ3v) is 3.83. The van der Waals surface area contributed by atoms with Crippen molar-refractivity contribution in [2.45, 2.75) is 13.3 Å². The van der Waals surface area contributed by atoms with E-state index in [0.717, 1.165) is 12.0 Å². The van der Waals surface area contributed by atoms with Crippen molar-refractivity contribution >= 4 is 23.5 Å². The summed E-state index contributed by atoms with van der Waals surface area (Å²) in [6, 6.07) is 7.56. The normalized spacial score (nSPS) is 15.0. The smallest absolute Gasteiger partial charge is 0.317 e. The van der Waals surface area contributed by atoms with E-state index < -0.39 is 0 Å². The quantitative estimate of drug-likeness (QED) is 0.925. The molecule has 0 bridgehead atoms. The van der Waals surface area contributed by atoms with Gasteiger partial charge in [0.1, 0.15) is 0 Å². The van der Waals surface area contributed by atoms with Gasteiger partial charge in [-0.25, -0.2) is 4.79 Å². The first-order chi connectivity index (χ1) is 10.1. The number of rotatable bonds is 3. The Labute approximate surface area is 129 Å². The highest BCUT2D eigenvalue weighted by Crippen LogP contribution is 2.10. The summed E-state index contributed by atoms with van der Waals surface area (Å²) in [4.78, 5) is 26.8. The average molecular weight is 310 g/mol. The van der Waals surface area contributed by atoms with Crippen molar-refractivity contribution in [2.75, 3.05) is 32.7 Å². The number of nitrogens with zero attached hydrogens (tertiary/aromatic N) is 2. The molecule has 1 aromatic rings. The Morgan fingerprint density at radius 1 is 1.19 bits per heavy atom. The number of carbonyl (C=O) groups excluding carboxylic acids is 2. The second-order valence-corrected chi connectivity index (χ2v) is 5.54. The maximum atomic E-state index is 12.0. The third-order valence-electron chi connectivity index (χ3n) is 3.59. The topological polar surface area (TPSA) is 52.7 Å². The van der Waals surface area contributed by atoms with Gasteiger partial charge in [0.25, 0.3) is 0 Å². The molecule has 0 atom stereocenters. The second kappa shape index (κ2) is 7.31. The Morgan fingerprint density at radius 2 is 1.86 bits per heavy atom. The number of amides is 3. The van der Waals surface area contributed by atoms with Gasteiger partial charge in [0.05, 0.1) is 0 Å². The van der Waals surface area contributed by atoms with Crippen LogP contribution in [0.25, 0.3) is 0 Å². The molecule has 1 saturated heterocycles. The first-order valence-corrected chi connectivity index (χ1v) is 7.47. The van der Waals surface area contributed by atoms with Crippen molar-refractivity contribution in [3.8, 4) is 0 Å². The lowest BCUT2D eigenvalue weighted by molar-refractivity contribution is -0.130. The number of carbonyl (C=O) groups is 2. The highest BCUT2D eigenvalue weighted by Gasteiger charge is 2.21. The number of hydrogen-bond donors (Lipinski definition) is 1. The minimum Gasteiger partial charge on any atom is -0.339 e. The molecular formula is C15H20ClN3O2. The van der Waals surface area contributed by atoms with Gasteiger partial charge >= 0.3 is 6.03 Å². The zero-order valence-corrected chi connectivity index (χ0v) is 12.9. The lowest BCUT2D eigenvalue weighted by Crippen LogP contribution is -2.52. The maximum Gasteiger partial charge on any atom is 0.317 e. The van der Waals surface area contributed by atoms with E-state index in [-0.39, 0.29) is 11.9 Å². The molecule has 1 aliphatic heterocycles. The molecule has 6 heteroatoms. The molecule has 0 spiro atoms. The van der Waals surface area contributed by atoms with Crippen molar-refractivity contribution in [3.05, 3.63) is 34.9 Å². The number of halogens is 1. The van der Waals surface area contributed by atoms with E-state index in [1.54, 1.807) is 16.7 Å². The summed E-state index contributed by atoms with van der Waals surface area (Å²) in [7, 11) is 0. The third kappa shape index (κ3) is 4.63. The van der Waals surface area contributed by atoms with Crippen molar-refractivity contribution in [2.24, 2.45) is 0 Å². The standard InChI is InChI=1S/C15H20ClN3O2/c1-12(20)18-7-9-19(10-8-18)15(21)17-6-5-13-3-2-4-14(16)11-13/h2-4,11H,5-10H2,1H3,(H,17,21). The number of benzene rings is 1. The second-order valence-electron chi connectivity index (χ2n) is 5.10. The molecule has 0 unspecified atom stereocenters. The SMILES string of the molecule is CC(=O)N1CCN(C(=O)NCCc2cccc(Cl)c2)CC1. The van der Waals surface area contributed by atoms with E-state index in [9.17, 15) is 9.59 Å². The Morgan fingerprint density at radius 3 is 2.48 bits per heavy atom. The summed E-state index contributed by atoms with van der Waals surface area (Å²) in [6.07, 6.45) is 0.750. The molecule has 1 fully saturated rings. The van der Waals surface area contributed by atoms with Crippen LogP contribution in [-0.2, 0) is 11.2 Å². The van der Waals surface area contributed by atoms with Crippen LogP contribution in [0.2, 0.25) is 5.02 Å². The molecule has 1 aromatic carbocycles. The largest absolute Gasteiger partial charge is 0.339 e. The predicted molar refractivity (Wildman–Crippen MR) is 82.4 cm³/mol. The summed E-state index contributed by atoms with van der Waals surface area (Å²) in [5.41, 5.74) is 1.10. The van der Waals surface area contributed by atoms with Crippen LogP contribution in [0, 0.1) is 0 Å². The molecule has 0 aliphatic carbocycles. The van der Waals surface area contributed by atoms with Crippen molar-refractivity contribution < 1.29 is 9.59 Å². The van der Waals surface area contributed by atoms with Gasteiger partial charge in [-0.3, -0.25) is 4.79 Å². The van der Waals surface area contributed by atoms with Crippen LogP contribution in [0.15, 0.2) is 24.3 Å². The molecular weight excluding hydrogens is 290 g/mol. The van der Waals surface area contributed by atoms with Crippen molar-refractivity contribution in [1.82, 2.24) is 15.1 Å². The predicted octanol–water partition coefficient (Wildman–Crippen LogP) is 1.76. The maximum absolute atomic E-state index is 12.0. The van der Waals surface area contributed by atoms with Crippen molar-refractivity contribution in [1.29, 1.82) is 0 Å². The van der Waals surface area contributed by atoms with Crippen LogP contribution in [0.5, 0.6) is 0 Å². The number of nitrogens with one attached hydrogen (secondary N) is 1. The molecule has 114 valence electrons. The van der Waals surface area contributed by atoms with Crippen LogP contribution in [0.1, 0.15) is 12.5 Å². The van der Waals surface area contributed by atoms with E-state index in [0.29, 0.717) is 37.7 Å². The summed E-state index contributed by atoms with van der Waals surface area (Å²) < 4.78 is 0. The van der Waals surface area contributed by atoms with E-state index in [1.807, 2.05) is 24.3 Å². The minimum atomic E-state index is -0.0692. The van der Waals surface area contributed by atoms with E-state index in [2.05, 4.69) is 5.32 Å². The fourth-order valence-electron chi connectivity index (χ4n) is 2.34. The minimum absolute atomic E-state index is 0.0658. The summed E-state index contributed by atoms with van der Waals surface area (Å²) in [5.74, 6) is 0.0658. The Kier molecular flexibility index (Phi) is 5.44. The molecule has 0 aromatic heterocycles. The van der Waals surface area contributed by atoms with Gasteiger partial charge in [0, 0.05) is 44.7 Å². The summed E-state index contributed by atoms with van der Waals surface area (Å²) in [5, 5.41) is 3.61. The van der Waals surface area contributed by atoms with Crippen LogP contribution >= 0.6 is 11.6 Å². The highest BCUT2D eigenvalue weighted by atomic mass is 35.5. The number of urea groups is 1. The monoisotopic (exact) mass is 309 g/mol. The first-order valence-electron chi connectivity index (χ1n) is 7.09. The zero-order valence-electron chi connectivity index (χ0n) is 12.1. The van der Waals surface area contributed by atoms with Gasteiger partial charge in [-0.15, -0.1) is 0 Å². The Hall–Kier alpha value is -1.75. The van der Waals surface area contributed by atoms with E-state index in [4.69, 9.17) is 11.6 Å². The molecule has 0 saturated carbocycles. The van der Waals surface area contributed by atoms with Crippen LogP contribution < -0.4 is 5.32 Å². The zero-order chi connectivity index (χ0) is 15.2. The molecule has 1 N–H and O–H groups in total. The van der Waals surface area contributed by atoms with E-state index >= 15 is 0 Å². The van der Waals surface area contributed by atoms with Crippen LogP contribution in [0.3, 0.4) is 0 Å². The highest BCUT2D eigenvalue weighted by molar-refractivity contribution is 6.30. The molecule has 21 heavy (non-hydrogen) atoms. The number of hydrogen-bond acceptors (Lipinski definition) is 2. The first kappa shape index (κ1) is 15.6. The van der Waals surface area contributed by atoms with Gasteiger partial charge in [-0.1, -0.05) is 23.7 Å². The molecule has 1 aliphatic rings. The molecule has 3 amide bonds. The van der Waals surface area contributed by atoms with Crippen LogP contribution in [0.4, 0.5) is 4.79 Å². The van der Waals surface area contributed by atoms with E-state index in [1.165, 1.54) is 0 Å². The summed E-state index contributed by atoms with van der Waals surface area (Å²) >= 11 is 5.92. The van der Waals surface area contributed by atoms with Crippen molar-refractivity contribution in [3.63, 3.8) is 0 Å². The molecule has 1 heterocycles. The van der Waals surface area contributed by atoms with Gasteiger partial charge in [-0.05, 0) is 24.1 Å². The fourth-order valence-corrected chi connectivity index (χ4v) is 2.56. The molecule has 2 rings (SSSR count). The lowest BCUT2D eigenvalue weighted by atomic mass is 10.1. The Bertz CT molecular complexity index is 513. The average Bonchev–Trinajstić information content (AvgIpc) is 2.47. The van der Waals surface area contributed by atoms with Crippen LogP contribution in [-0.4, -0.2) is 54.5 Å². The molecule has 5 nitrogen and oxygen atoms in total.